The molecule has 0 unspecified atom stereocenters. The van der Waals surface area contributed by atoms with Crippen LogP contribution in [-0.2, 0) is 4.79 Å². The maximum absolute atomic E-state index is 13.6. The fourth-order valence-corrected chi connectivity index (χ4v) is 5.57. The summed E-state index contributed by atoms with van der Waals surface area (Å²) in [6, 6.07) is 4.44. The molecular formula is C20H23FN6O2S. The minimum atomic E-state index is -0.355. The molecule has 2 N–H and O–H groups in total. The average molecular weight is 431 g/mol. The molecule has 2 aliphatic heterocycles. The van der Waals surface area contributed by atoms with E-state index in [1.54, 1.807) is 23.7 Å². The number of carbonyl (C=O) groups excluding carboxylic acids is 1. The van der Waals surface area contributed by atoms with Crippen LogP contribution in [0.4, 0.5) is 9.52 Å². The van der Waals surface area contributed by atoms with Crippen molar-refractivity contribution in [2.45, 2.75) is 18.9 Å². The lowest BCUT2D eigenvalue weighted by atomic mass is 9.82. The number of hydrogen-bond acceptors (Lipinski definition) is 7. The van der Waals surface area contributed by atoms with Crippen LogP contribution in [0.5, 0.6) is 5.75 Å². The Hall–Kier alpha value is -2.72. The van der Waals surface area contributed by atoms with Gasteiger partial charge in [0.15, 0.2) is 0 Å². The maximum Gasteiger partial charge on any atom is 0.217 e. The number of nitrogens with one attached hydrogen (secondary N) is 2. The Morgan fingerprint density at radius 1 is 1.47 bits per heavy atom. The summed E-state index contributed by atoms with van der Waals surface area (Å²) in [5.74, 6) is 0.446. The Kier molecular flexibility index (Phi) is 4.62. The van der Waals surface area contributed by atoms with Crippen molar-refractivity contribution in [3.8, 4) is 17.0 Å². The number of fused-ring (bicyclic) bond motifs is 2. The smallest absolute Gasteiger partial charge is 0.217 e. The Balaban J connectivity index is 1.49. The number of benzene rings is 1. The molecule has 0 aliphatic carbocycles. The van der Waals surface area contributed by atoms with Crippen LogP contribution in [0.15, 0.2) is 24.4 Å². The normalized spacial score (nSPS) is 23.6. The number of nitrogens with zero attached hydrogens (tertiary/aromatic N) is 4. The van der Waals surface area contributed by atoms with Crippen molar-refractivity contribution in [3.63, 3.8) is 0 Å². The van der Waals surface area contributed by atoms with Gasteiger partial charge in [0, 0.05) is 44.1 Å². The van der Waals surface area contributed by atoms with Crippen LogP contribution in [0.25, 0.3) is 16.2 Å². The average Bonchev–Trinajstić information content (AvgIpc) is 3.39. The van der Waals surface area contributed by atoms with E-state index >= 15 is 0 Å². The second kappa shape index (κ2) is 7.21. The number of anilines is 1. The molecule has 0 bridgehead atoms. The second-order valence-electron chi connectivity index (χ2n) is 7.95. The van der Waals surface area contributed by atoms with Gasteiger partial charge in [0.2, 0.25) is 16.0 Å². The molecule has 0 spiro atoms. The van der Waals surface area contributed by atoms with Crippen molar-refractivity contribution in [3.05, 3.63) is 30.2 Å². The first-order valence-electron chi connectivity index (χ1n) is 9.92. The summed E-state index contributed by atoms with van der Waals surface area (Å²) < 4.78 is 20.7. The topological polar surface area (TPSA) is 83.8 Å². The van der Waals surface area contributed by atoms with Crippen LogP contribution < -0.4 is 20.3 Å². The van der Waals surface area contributed by atoms with Crippen LogP contribution in [0.2, 0.25) is 0 Å². The summed E-state index contributed by atoms with van der Waals surface area (Å²) in [6.45, 7) is 4.83. The number of rotatable bonds is 4. The summed E-state index contributed by atoms with van der Waals surface area (Å²) >= 11 is 1.51. The van der Waals surface area contributed by atoms with Gasteiger partial charge in [-0.3, -0.25) is 4.79 Å². The van der Waals surface area contributed by atoms with Crippen molar-refractivity contribution in [1.29, 1.82) is 0 Å². The summed E-state index contributed by atoms with van der Waals surface area (Å²) in [5, 5.41) is 12.3. The summed E-state index contributed by atoms with van der Waals surface area (Å²) in [5.41, 5.74) is 1.21. The zero-order valence-corrected chi connectivity index (χ0v) is 17.6. The molecule has 1 aromatic carbocycles. The molecule has 5 rings (SSSR count). The third-order valence-corrected chi connectivity index (χ3v) is 7.00. The molecule has 4 heterocycles. The van der Waals surface area contributed by atoms with E-state index in [0.29, 0.717) is 18.2 Å². The standard InChI is InChI=1S/C20H23FN6O2S/c1-12(28)24-20-10-22-6-5-13(20)9-26(11-20)19-25-27-16(8-23-18(27)30-19)15-4-3-14(21)7-17(15)29-2/h3-4,7-8,13,22H,5-6,9-11H2,1-2H3,(H,24,28)/t13-,20-/m1/s1. The molecule has 0 radical (unpaired) electrons. The van der Waals surface area contributed by atoms with E-state index in [0.717, 1.165) is 47.4 Å². The van der Waals surface area contributed by atoms with E-state index in [-0.39, 0.29) is 17.3 Å². The van der Waals surface area contributed by atoms with Gasteiger partial charge in [-0.2, -0.15) is 0 Å². The van der Waals surface area contributed by atoms with Crippen LogP contribution >= 0.6 is 11.3 Å². The first-order valence-corrected chi connectivity index (χ1v) is 10.7. The molecule has 1 amide bonds. The molecule has 158 valence electrons. The minimum absolute atomic E-state index is 0.00909. The minimum Gasteiger partial charge on any atom is -0.496 e. The fourth-order valence-electron chi connectivity index (χ4n) is 4.68. The van der Waals surface area contributed by atoms with Crippen molar-refractivity contribution >= 4 is 27.3 Å². The van der Waals surface area contributed by atoms with Gasteiger partial charge < -0.3 is 20.3 Å². The predicted molar refractivity (Wildman–Crippen MR) is 113 cm³/mol. The van der Waals surface area contributed by atoms with Crippen molar-refractivity contribution in [2.75, 3.05) is 38.2 Å². The van der Waals surface area contributed by atoms with E-state index in [1.165, 1.54) is 30.6 Å². The quantitative estimate of drug-likeness (QED) is 0.658. The predicted octanol–water partition coefficient (Wildman–Crippen LogP) is 1.91. The van der Waals surface area contributed by atoms with Gasteiger partial charge in [-0.15, -0.1) is 5.10 Å². The third-order valence-electron chi connectivity index (χ3n) is 6.02. The molecule has 30 heavy (non-hydrogen) atoms. The number of piperidine rings is 1. The largest absolute Gasteiger partial charge is 0.496 e. The highest BCUT2D eigenvalue weighted by Gasteiger charge is 2.49. The van der Waals surface area contributed by atoms with Gasteiger partial charge in [0.1, 0.15) is 11.6 Å². The number of imidazole rings is 1. The van der Waals surface area contributed by atoms with Crippen LogP contribution in [0.1, 0.15) is 13.3 Å². The van der Waals surface area contributed by atoms with E-state index in [4.69, 9.17) is 9.84 Å². The van der Waals surface area contributed by atoms with Gasteiger partial charge in [0.05, 0.1) is 24.5 Å². The van der Waals surface area contributed by atoms with Crippen LogP contribution in [0, 0.1) is 11.7 Å². The van der Waals surface area contributed by atoms with Gasteiger partial charge in [-0.05, 0) is 25.1 Å². The molecule has 10 heteroatoms. The Morgan fingerprint density at radius 3 is 3.13 bits per heavy atom. The molecule has 2 saturated heterocycles. The highest BCUT2D eigenvalue weighted by atomic mass is 32.1. The number of carbonyl (C=O) groups is 1. The first kappa shape index (κ1) is 19.3. The van der Waals surface area contributed by atoms with Crippen molar-refractivity contribution < 1.29 is 13.9 Å². The Bertz CT molecular complexity index is 1110. The lowest BCUT2D eigenvalue weighted by Crippen LogP contribution is -2.62. The van der Waals surface area contributed by atoms with E-state index in [1.807, 2.05) is 0 Å². The fraction of sp³-hybridized carbons (Fsp3) is 0.450. The summed E-state index contributed by atoms with van der Waals surface area (Å²) in [6.07, 6.45) is 2.74. The number of aromatic nitrogens is 3. The molecular weight excluding hydrogens is 407 g/mol. The molecule has 2 fully saturated rings. The van der Waals surface area contributed by atoms with Gasteiger partial charge >= 0.3 is 0 Å². The monoisotopic (exact) mass is 430 g/mol. The third kappa shape index (κ3) is 3.10. The van der Waals surface area contributed by atoms with Crippen molar-refractivity contribution in [2.24, 2.45) is 5.92 Å². The number of halogens is 1. The molecule has 2 aliphatic rings. The highest BCUT2D eigenvalue weighted by Crippen LogP contribution is 2.38. The summed E-state index contributed by atoms with van der Waals surface area (Å²) in [7, 11) is 1.52. The zero-order chi connectivity index (χ0) is 20.9. The second-order valence-corrected chi connectivity index (χ2v) is 8.88. The molecule has 2 aromatic heterocycles. The van der Waals surface area contributed by atoms with Crippen LogP contribution in [0.3, 0.4) is 0 Å². The van der Waals surface area contributed by atoms with Crippen LogP contribution in [-0.4, -0.2) is 59.3 Å². The Morgan fingerprint density at radius 2 is 2.33 bits per heavy atom. The van der Waals surface area contributed by atoms with Gasteiger partial charge in [-0.1, -0.05) is 11.3 Å². The number of hydrogen-bond donors (Lipinski definition) is 2. The van der Waals surface area contributed by atoms with Gasteiger partial charge in [0.25, 0.3) is 0 Å². The zero-order valence-electron chi connectivity index (χ0n) is 16.8. The highest BCUT2D eigenvalue weighted by molar-refractivity contribution is 7.20. The lowest BCUT2D eigenvalue weighted by Gasteiger charge is -2.39. The Labute approximate surface area is 177 Å². The maximum atomic E-state index is 13.6. The molecule has 3 aromatic rings. The molecule has 0 saturated carbocycles. The SMILES string of the molecule is COc1cc(F)ccc1-c1cnc2sc(N3C[C@H]4CCNC[C@@]4(NC(C)=O)C3)nn12. The van der Waals surface area contributed by atoms with Gasteiger partial charge in [-0.25, -0.2) is 13.9 Å². The molecule has 2 atom stereocenters. The van der Waals surface area contributed by atoms with E-state index < -0.39 is 0 Å². The number of ether oxygens (including phenoxy) is 1. The number of amides is 1. The lowest BCUT2D eigenvalue weighted by molar-refractivity contribution is -0.121. The van der Waals surface area contributed by atoms with Crippen molar-refractivity contribution in [1.82, 2.24) is 25.2 Å². The van der Waals surface area contributed by atoms with E-state index in [2.05, 4.69) is 20.5 Å². The summed E-state index contributed by atoms with van der Waals surface area (Å²) in [4.78, 5) is 19.3. The van der Waals surface area contributed by atoms with E-state index in [9.17, 15) is 9.18 Å². The molecule has 8 nitrogen and oxygen atoms in total. The first-order chi connectivity index (χ1) is 14.5. The number of methoxy groups -OCH3 is 1.